The number of aliphatic hydroxyl groups excluding tert-OH is 4. The highest BCUT2D eigenvalue weighted by Crippen LogP contribution is 2.61. The number of H-pyrrole nitrogens is 1. The maximum absolute atomic E-state index is 12.1. The highest BCUT2D eigenvalue weighted by molar-refractivity contribution is 7.61. The molecule has 2 saturated heterocycles. The van der Waals surface area contributed by atoms with Crippen LogP contribution in [0, 0.1) is 0 Å². The van der Waals surface area contributed by atoms with Gasteiger partial charge in [-0.15, -0.1) is 0 Å². The maximum Gasteiger partial charge on any atom is 0.483 e. The van der Waals surface area contributed by atoms with E-state index in [-0.39, 0.29) is 0 Å². The first-order chi connectivity index (χ1) is 16.1. The molecule has 2 unspecified atom stereocenters. The summed E-state index contributed by atoms with van der Waals surface area (Å²) in [5.41, 5.74) is -1.73. The van der Waals surface area contributed by atoms with Crippen LogP contribution >= 0.6 is 15.6 Å². The number of ketones is 1. The lowest BCUT2D eigenvalue weighted by atomic mass is 10.0. The Morgan fingerprint density at radius 1 is 1.03 bits per heavy atom. The molecule has 20 heteroatoms. The first-order valence-corrected chi connectivity index (χ1v) is 12.7. The molecule has 0 amide bonds. The summed E-state index contributed by atoms with van der Waals surface area (Å²) in [6, 6.07) is 0.935. The zero-order valence-electron chi connectivity index (χ0n) is 17.6. The minimum atomic E-state index is -5.53. The van der Waals surface area contributed by atoms with Crippen LogP contribution in [0.3, 0.4) is 0 Å². The molecule has 1 aromatic heterocycles. The van der Waals surface area contributed by atoms with Crippen LogP contribution < -0.4 is 11.2 Å². The fourth-order valence-corrected chi connectivity index (χ4v) is 5.35. The lowest BCUT2D eigenvalue weighted by molar-refractivity contribution is -0.226. The van der Waals surface area contributed by atoms with Crippen LogP contribution in [0.15, 0.2) is 21.9 Å². The average molecular weight is 548 g/mol. The number of aliphatic hydroxyl groups is 4. The Morgan fingerprint density at radius 3 is 2.31 bits per heavy atom. The van der Waals surface area contributed by atoms with Gasteiger partial charge in [-0.1, -0.05) is 0 Å². The number of phosphoric ester groups is 2. The predicted molar refractivity (Wildman–Crippen MR) is 106 cm³/mol. The van der Waals surface area contributed by atoms with Gasteiger partial charge in [0.1, 0.15) is 36.6 Å². The van der Waals surface area contributed by atoms with Crippen molar-refractivity contribution < 1.29 is 67.0 Å². The van der Waals surface area contributed by atoms with Gasteiger partial charge in [-0.3, -0.25) is 28.2 Å². The SMILES string of the molecule is C[C@@H]1O[C@H](OP(=O)(O)OP(=O)(O)OC[C@H]2O[C@@H](n3ccc(=O)[nH]c3=O)[C@H](O)[C@@H]2O)[C@H](O)[C@H](O)C1=O. The van der Waals surface area contributed by atoms with Crippen LogP contribution in [0.5, 0.6) is 0 Å². The van der Waals surface area contributed by atoms with Gasteiger partial charge in [-0.2, -0.15) is 4.31 Å². The Morgan fingerprint density at radius 2 is 1.69 bits per heavy atom. The molecule has 35 heavy (non-hydrogen) atoms. The summed E-state index contributed by atoms with van der Waals surface area (Å²) in [6.07, 6.45) is -13.3. The van der Waals surface area contributed by atoms with E-state index in [4.69, 9.17) is 9.47 Å². The molecule has 0 spiro atoms. The number of phosphoric acid groups is 2. The molecule has 0 aromatic carbocycles. The molecular formula is C15H22N2O16P2. The average Bonchev–Trinajstić information content (AvgIpc) is 3.02. The summed E-state index contributed by atoms with van der Waals surface area (Å²) in [5.74, 6) is -0.943. The molecule has 1 aromatic rings. The summed E-state index contributed by atoms with van der Waals surface area (Å²) in [4.78, 5) is 56.0. The van der Waals surface area contributed by atoms with Crippen LogP contribution in [-0.2, 0) is 36.8 Å². The molecule has 0 bridgehead atoms. The van der Waals surface area contributed by atoms with Gasteiger partial charge in [0.15, 0.2) is 18.3 Å². The highest BCUT2D eigenvalue weighted by atomic mass is 31.3. The van der Waals surface area contributed by atoms with Crippen LogP contribution in [0.2, 0.25) is 0 Å². The van der Waals surface area contributed by atoms with Gasteiger partial charge >= 0.3 is 21.3 Å². The predicted octanol–water partition coefficient (Wildman–Crippen LogP) is -3.56. The summed E-state index contributed by atoms with van der Waals surface area (Å²) in [7, 11) is -11.0. The van der Waals surface area contributed by atoms with Crippen molar-refractivity contribution in [2.75, 3.05) is 6.61 Å². The van der Waals surface area contributed by atoms with E-state index in [0.29, 0.717) is 0 Å². The number of aromatic nitrogens is 2. The lowest BCUT2D eigenvalue weighted by Crippen LogP contribution is -2.54. The van der Waals surface area contributed by atoms with Crippen LogP contribution in [0.1, 0.15) is 13.2 Å². The van der Waals surface area contributed by atoms with Gasteiger partial charge in [0, 0.05) is 12.3 Å². The van der Waals surface area contributed by atoms with E-state index in [1.165, 1.54) is 0 Å². The topological polar surface area (TPSA) is 274 Å². The number of Topliss-reactive ketones (excluding diaryl/α,β-unsaturated/α-hetero) is 1. The number of nitrogens with one attached hydrogen (secondary N) is 1. The molecule has 2 aliphatic heterocycles. The monoisotopic (exact) mass is 548 g/mol. The lowest BCUT2D eigenvalue weighted by Gasteiger charge is -2.34. The standard InChI is InChI=1S/C15H22N2O16P2/c1-5-8(19)10(21)12(23)14(30-5)32-35(27,28)33-34(25,26)29-4-6-9(20)11(22)13(31-6)17-3-2-7(18)16-15(17)24/h2-3,5-6,9-14,20-23H,4H2,1H3,(H,25,26)(H,27,28)(H,16,18,24)/t5-,6+,9+,10+,11+,12+,13+,14+/m0/s1. The molecule has 18 nitrogen and oxygen atoms in total. The number of rotatable bonds is 8. The first-order valence-electron chi connectivity index (χ1n) is 9.70. The van der Waals surface area contributed by atoms with Crippen LogP contribution in [-0.4, -0.2) is 95.1 Å². The van der Waals surface area contributed by atoms with Crippen LogP contribution in [0.4, 0.5) is 0 Å². The van der Waals surface area contributed by atoms with Crippen molar-refractivity contribution >= 4 is 21.4 Å². The second kappa shape index (κ2) is 10.4. The van der Waals surface area contributed by atoms with Crippen molar-refractivity contribution in [1.29, 1.82) is 0 Å². The van der Waals surface area contributed by atoms with Crippen molar-refractivity contribution in [3.8, 4) is 0 Å². The number of carbonyl (C=O) groups is 1. The normalized spacial score (nSPS) is 37.1. The van der Waals surface area contributed by atoms with E-state index < -0.39 is 88.4 Å². The van der Waals surface area contributed by atoms with Crippen molar-refractivity contribution in [1.82, 2.24) is 9.55 Å². The summed E-state index contributed by atoms with van der Waals surface area (Å²) >= 11 is 0. The van der Waals surface area contributed by atoms with E-state index in [0.717, 1.165) is 23.8 Å². The van der Waals surface area contributed by atoms with Gasteiger partial charge in [0.2, 0.25) is 0 Å². The Balaban J connectivity index is 1.61. The van der Waals surface area contributed by atoms with Gasteiger partial charge in [0.25, 0.3) is 5.56 Å². The number of aromatic amines is 1. The number of hydrogen-bond acceptors (Lipinski definition) is 14. The Hall–Kier alpha value is -1.63. The van der Waals surface area contributed by atoms with Crippen molar-refractivity contribution in [2.45, 2.75) is 56.1 Å². The molecule has 2 fully saturated rings. The largest absolute Gasteiger partial charge is 0.483 e. The summed E-state index contributed by atoms with van der Waals surface area (Å²) in [5, 5.41) is 39.6. The third kappa shape index (κ3) is 6.39. The third-order valence-electron chi connectivity index (χ3n) is 4.94. The molecule has 3 rings (SSSR count). The fourth-order valence-electron chi connectivity index (χ4n) is 3.19. The van der Waals surface area contributed by atoms with Crippen molar-refractivity contribution in [2.24, 2.45) is 0 Å². The molecule has 10 atom stereocenters. The molecule has 0 saturated carbocycles. The second-order valence-electron chi connectivity index (χ2n) is 7.47. The molecular weight excluding hydrogens is 526 g/mol. The number of nitrogens with zero attached hydrogens (tertiary/aromatic N) is 1. The quantitative estimate of drug-likeness (QED) is 0.155. The minimum Gasteiger partial charge on any atom is -0.387 e. The van der Waals surface area contributed by atoms with E-state index in [1.54, 1.807) is 0 Å². The Kier molecular flexibility index (Phi) is 8.30. The van der Waals surface area contributed by atoms with Crippen molar-refractivity contribution in [3.05, 3.63) is 33.1 Å². The highest BCUT2D eigenvalue weighted by Gasteiger charge is 2.48. The maximum atomic E-state index is 12.1. The van der Waals surface area contributed by atoms with Gasteiger partial charge in [-0.05, 0) is 6.92 Å². The van der Waals surface area contributed by atoms with Gasteiger partial charge in [0.05, 0.1) is 6.61 Å². The zero-order chi connectivity index (χ0) is 26.3. The molecule has 2 aliphatic rings. The fraction of sp³-hybridized carbons (Fsp3) is 0.667. The van der Waals surface area contributed by atoms with E-state index in [9.17, 15) is 53.7 Å². The number of carbonyl (C=O) groups excluding carboxylic acids is 1. The molecule has 7 N–H and O–H groups in total. The molecule has 0 radical (unpaired) electrons. The number of ether oxygens (including phenoxy) is 2. The van der Waals surface area contributed by atoms with E-state index >= 15 is 0 Å². The van der Waals surface area contributed by atoms with Gasteiger partial charge < -0.3 is 39.7 Å². The summed E-state index contributed by atoms with van der Waals surface area (Å²) in [6.45, 7) is 0.139. The zero-order valence-corrected chi connectivity index (χ0v) is 19.4. The third-order valence-corrected chi connectivity index (χ3v) is 7.54. The van der Waals surface area contributed by atoms with E-state index in [2.05, 4.69) is 13.4 Å². The summed E-state index contributed by atoms with van der Waals surface area (Å²) < 4.78 is 48.0. The Bertz CT molecular complexity index is 1150. The second-order valence-corrected chi connectivity index (χ2v) is 10.5. The minimum absolute atomic E-state index is 0.732. The number of hydrogen-bond donors (Lipinski definition) is 7. The smallest absolute Gasteiger partial charge is 0.387 e. The molecule has 0 aliphatic carbocycles. The first kappa shape index (κ1) is 27.9. The molecule has 198 valence electrons. The molecule has 3 heterocycles. The van der Waals surface area contributed by atoms with Crippen LogP contribution in [0.25, 0.3) is 0 Å². The van der Waals surface area contributed by atoms with Gasteiger partial charge in [-0.25, -0.2) is 13.9 Å². The van der Waals surface area contributed by atoms with E-state index in [1.807, 2.05) is 4.98 Å². The Labute approximate surface area is 194 Å². The van der Waals surface area contributed by atoms with Crippen molar-refractivity contribution in [3.63, 3.8) is 0 Å².